The second kappa shape index (κ2) is 6.28. The Hall–Kier alpha value is -0.530. The van der Waals surface area contributed by atoms with Crippen LogP contribution in [0.4, 0.5) is 13.2 Å². The van der Waals surface area contributed by atoms with Gasteiger partial charge in [0.05, 0.1) is 0 Å². The Morgan fingerprint density at radius 1 is 1.32 bits per heavy atom. The van der Waals surface area contributed by atoms with Crippen LogP contribution in [0, 0.1) is 11.8 Å². The number of carbonyl (C=O) groups excluding carboxylic acids is 1. The molecule has 4 nitrogen and oxygen atoms in total. The van der Waals surface area contributed by atoms with Crippen LogP contribution in [0.2, 0.25) is 0 Å². The lowest BCUT2D eigenvalue weighted by molar-refractivity contribution is -0.177. The summed E-state index contributed by atoms with van der Waals surface area (Å²) in [6, 6.07) is 0.115. The summed E-state index contributed by atoms with van der Waals surface area (Å²) in [4.78, 5) is 13.2. The lowest BCUT2D eigenvalue weighted by Gasteiger charge is -2.19. The molecule has 0 aromatic rings. The summed E-state index contributed by atoms with van der Waals surface area (Å²) in [5.74, 6) is 0.337. The number of amides is 1. The molecule has 2 aliphatic rings. The summed E-state index contributed by atoms with van der Waals surface area (Å²) in [5, 5.41) is 0. The average Bonchev–Trinajstić information content (AvgIpc) is 2.79. The molecule has 2 fully saturated rings. The molecule has 3 unspecified atom stereocenters. The maximum Gasteiger partial charge on any atom is 0.411 e. The van der Waals surface area contributed by atoms with Crippen molar-refractivity contribution >= 4 is 18.3 Å². The fourth-order valence-electron chi connectivity index (χ4n) is 2.86. The Kier molecular flexibility index (Phi) is 5.46. The molecular formula is C11H18ClF3N2O2. The summed E-state index contributed by atoms with van der Waals surface area (Å²) < 4.78 is 39.9. The second-order valence-corrected chi connectivity index (χ2v) is 5.07. The number of nitrogens with two attached hydrogens (primary N) is 1. The molecule has 112 valence electrons. The van der Waals surface area contributed by atoms with Crippen LogP contribution in [0.5, 0.6) is 0 Å². The summed E-state index contributed by atoms with van der Waals surface area (Å²) >= 11 is 0. The van der Waals surface area contributed by atoms with E-state index in [1.807, 2.05) is 0 Å². The zero-order valence-electron chi connectivity index (χ0n) is 10.4. The van der Waals surface area contributed by atoms with Gasteiger partial charge in [-0.3, -0.25) is 4.79 Å². The third-order valence-corrected chi connectivity index (χ3v) is 3.76. The second-order valence-electron chi connectivity index (χ2n) is 5.07. The summed E-state index contributed by atoms with van der Waals surface area (Å²) in [5.41, 5.74) is 5.92. The first-order valence-electron chi connectivity index (χ1n) is 6.04. The number of ether oxygens (including phenoxy) is 1. The molecule has 3 atom stereocenters. The van der Waals surface area contributed by atoms with Crippen molar-refractivity contribution in [3.63, 3.8) is 0 Å². The lowest BCUT2D eigenvalue weighted by Crippen LogP contribution is -2.36. The highest BCUT2D eigenvalue weighted by Gasteiger charge is 2.42. The molecule has 0 radical (unpaired) electrons. The minimum atomic E-state index is -4.38. The SMILES string of the molecule is Cl.NC1CCC2CN(C(=O)COCC(F)(F)F)CC12. The van der Waals surface area contributed by atoms with E-state index >= 15 is 0 Å². The zero-order chi connectivity index (χ0) is 13.3. The fourth-order valence-corrected chi connectivity index (χ4v) is 2.86. The van der Waals surface area contributed by atoms with Crippen molar-refractivity contribution in [1.29, 1.82) is 0 Å². The molecule has 19 heavy (non-hydrogen) atoms. The molecule has 0 bridgehead atoms. The van der Waals surface area contributed by atoms with E-state index < -0.39 is 19.4 Å². The van der Waals surface area contributed by atoms with Crippen LogP contribution in [-0.2, 0) is 9.53 Å². The van der Waals surface area contributed by atoms with Gasteiger partial charge in [-0.1, -0.05) is 0 Å². The number of halogens is 4. The molecule has 0 aromatic heterocycles. The van der Waals surface area contributed by atoms with Crippen LogP contribution in [-0.4, -0.2) is 49.3 Å². The van der Waals surface area contributed by atoms with Gasteiger partial charge in [-0.15, -0.1) is 12.4 Å². The van der Waals surface area contributed by atoms with Crippen molar-refractivity contribution < 1.29 is 22.7 Å². The third kappa shape index (κ3) is 4.22. The van der Waals surface area contributed by atoms with E-state index in [2.05, 4.69) is 4.74 Å². The number of carbonyl (C=O) groups is 1. The van der Waals surface area contributed by atoms with Gasteiger partial charge >= 0.3 is 6.18 Å². The molecule has 1 saturated heterocycles. The van der Waals surface area contributed by atoms with E-state index in [0.29, 0.717) is 24.9 Å². The van der Waals surface area contributed by atoms with E-state index in [0.717, 1.165) is 12.8 Å². The average molecular weight is 303 g/mol. The van der Waals surface area contributed by atoms with Gasteiger partial charge in [-0.2, -0.15) is 13.2 Å². The largest absolute Gasteiger partial charge is 0.411 e. The van der Waals surface area contributed by atoms with Gasteiger partial charge < -0.3 is 15.4 Å². The van der Waals surface area contributed by atoms with Gasteiger partial charge in [0.25, 0.3) is 0 Å². The van der Waals surface area contributed by atoms with Crippen LogP contribution in [0.1, 0.15) is 12.8 Å². The highest BCUT2D eigenvalue weighted by atomic mass is 35.5. The fraction of sp³-hybridized carbons (Fsp3) is 0.909. The number of fused-ring (bicyclic) bond motifs is 1. The van der Waals surface area contributed by atoms with E-state index in [9.17, 15) is 18.0 Å². The molecule has 0 aromatic carbocycles. The topological polar surface area (TPSA) is 55.6 Å². The van der Waals surface area contributed by atoms with Crippen molar-refractivity contribution in [3.8, 4) is 0 Å². The van der Waals surface area contributed by atoms with Crippen molar-refractivity contribution in [2.75, 3.05) is 26.3 Å². The predicted molar refractivity (Wildman–Crippen MR) is 64.9 cm³/mol. The van der Waals surface area contributed by atoms with Crippen LogP contribution >= 0.6 is 12.4 Å². The number of hydrogen-bond acceptors (Lipinski definition) is 3. The molecule has 1 heterocycles. The Morgan fingerprint density at radius 2 is 2.00 bits per heavy atom. The number of hydrogen-bond donors (Lipinski definition) is 1. The highest BCUT2D eigenvalue weighted by Crippen LogP contribution is 2.37. The van der Waals surface area contributed by atoms with Gasteiger partial charge in [0.2, 0.25) is 5.91 Å². The monoisotopic (exact) mass is 302 g/mol. The number of rotatable bonds is 3. The van der Waals surface area contributed by atoms with Gasteiger partial charge in [0.15, 0.2) is 0 Å². The minimum absolute atomic E-state index is 0. The number of alkyl halides is 3. The van der Waals surface area contributed by atoms with Gasteiger partial charge in [-0.05, 0) is 24.7 Å². The van der Waals surface area contributed by atoms with Gasteiger partial charge in [-0.25, -0.2) is 0 Å². The Morgan fingerprint density at radius 3 is 2.58 bits per heavy atom. The summed E-state index contributed by atoms with van der Waals surface area (Å²) in [6.07, 6.45) is -2.41. The maximum absolute atomic E-state index is 11.9. The predicted octanol–water partition coefficient (Wildman–Crippen LogP) is 1.18. The first kappa shape index (κ1) is 16.5. The summed E-state index contributed by atoms with van der Waals surface area (Å²) in [6.45, 7) is -0.722. The molecule has 2 rings (SSSR count). The Balaban J connectivity index is 0.00000180. The highest BCUT2D eigenvalue weighted by molar-refractivity contribution is 5.85. The normalized spacial score (nSPS) is 30.1. The van der Waals surface area contributed by atoms with Crippen LogP contribution in [0.25, 0.3) is 0 Å². The van der Waals surface area contributed by atoms with E-state index in [4.69, 9.17) is 5.73 Å². The molecule has 1 amide bonds. The van der Waals surface area contributed by atoms with Crippen molar-refractivity contribution in [2.24, 2.45) is 17.6 Å². The molecule has 1 aliphatic carbocycles. The lowest BCUT2D eigenvalue weighted by atomic mass is 9.98. The van der Waals surface area contributed by atoms with E-state index in [-0.39, 0.29) is 24.4 Å². The van der Waals surface area contributed by atoms with E-state index in [1.54, 1.807) is 4.90 Å². The molecule has 0 spiro atoms. The molecule has 1 saturated carbocycles. The van der Waals surface area contributed by atoms with Crippen LogP contribution in [0.15, 0.2) is 0 Å². The molecule has 2 N–H and O–H groups in total. The Labute approximate surface area is 115 Å². The smallest absolute Gasteiger partial charge is 0.362 e. The molecule has 8 heteroatoms. The van der Waals surface area contributed by atoms with Crippen molar-refractivity contribution in [2.45, 2.75) is 25.1 Å². The van der Waals surface area contributed by atoms with Crippen molar-refractivity contribution in [1.82, 2.24) is 4.90 Å². The first-order chi connectivity index (χ1) is 8.37. The maximum atomic E-state index is 11.9. The standard InChI is InChI=1S/C11H17F3N2O2.ClH/c12-11(13,14)6-18-5-10(17)16-3-7-1-2-9(15)8(7)4-16;/h7-9H,1-6,15H2;1H. The zero-order valence-corrected chi connectivity index (χ0v) is 11.2. The first-order valence-corrected chi connectivity index (χ1v) is 6.04. The number of nitrogens with zero attached hydrogens (tertiary/aromatic N) is 1. The summed E-state index contributed by atoms with van der Waals surface area (Å²) in [7, 11) is 0. The Bertz CT molecular complexity index is 328. The number of likely N-dealkylation sites (tertiary alicyclic amines) is 1. The quantitative estimate of drug-likeness (QED) is 0.852. The third-order valence-electron chi connectivity index (χ3n) is 3.76. The molecule has 1 aliphatic heterocycles. The van der Waals surface area contributed by atoms with Crippen LogP contribution in [0.3, 0.4) is 0 Å². The van der Waals surface area contributed by atoms with Gasteiger partial charge in [0, 0.05) is 19.1 Å². The van der Waals surface area contributed by atoms with E-state index in [1.165, 1.54) is 0 Å². The van der Waals surface area contributed by atoms with Crippen molar-refractivity contribution in [3.05, 3.63) is 0 Å². The minimum Gasteiger partial charge on any atom is -0.362 e. The van der Waals surface area contributed by atoms with Crippen LogP contribution < -0.4 is 5.73 Å². The molecular weight excluding hydrogens is 285 g/mol. The van der Waals surface area contributed by atoms with Gasteiger partial charge in [0.1, 0.15) is 13.2 Å².